The highest BCUT2D eigenvalue weighted by molar-refractivity contribution is 7.43. The molecule has 3 aliphatic heterocycles. The molecule has 0 N–H and O–H groups in total. The molecule has 3 saturated heterocycles. The molecule has 3 atom stereocenters. The molecule has 0 radical (unpaired) electrons. The highest BCUT2D eigenvalue weighted by Crippen LogP contribution is 2.57. The molecule has 0 aromatic carbocycles. The molecule has 0 saturated carbocycles. The second kappa shape index (κ2) is 4.06. The van der Waals surface area contributed by atoms with Crippen LogP contribution in [0.3, 0.4) is 0 Å². The van der Waals surface area contributed by atoms with Gasteiger partial charge in [0.05, 0.1) is 19.3 Å². The average molecular weight is 299 g/mol. The van der Waals surface area contributed by atoms with Gasteiger partial charge in [0.2, 0.25) is 0 Å². The topological polar surface area (TPSA) is 36.9 Å². The Kier molecular flexibility index (Phi) is 3.03. The van der Waals surface area contributed by atoms with Gasteiger partial charge in [-0.05, 0) is 6.42 Å². The summed E-state index contributed by atoms with van der Waals surface area (Å²) in [5.74, 6) is 0. The zero-order chi connectivity index (χ0) is 12.1. The summed E-state index contributed by atoms with van der Waals surface area (Å²) >= 11 is 12.8. The van der Waals surface area contributed by atoms with E-state index in [9.17, 15) is 0 Å². The first kappa shape index (κ1) is 12.7. The highest BCUT2D eigenvalue weighted by atomic mass is 35.7. The van der Waals surface area contributed by atoms with Crippen molar-refractivity contribution in [2.45, 2.75) is 36.2 Å². The van der Waals surface area contributed by atoms with Crippen molar-refractivity contribution in [3.63, 3.8) is 0 Å². The van der Waals surface area contributed by atoms with Gasteiger partial charge in [-0.25, -0.2) is 0 Å². The molecule has 3 aliphatic rings. The normalized spacial score (nSPS) is 45.7. The van der Waals surface area contributed by atoms with Crippen molar-refractivity contribution in [1.29, 1.82) is 0 Å². The molecule has 98 valence electrons. The lowest BCUT2D eigenvalue weighted by molar-refractivity contribution is -0.338. The van der Waals surface area contributed by atoms with Crippen LogP contribution in [0.15, 0.2) is 0 Å². The highest BCUT2D eigenvalue weighted by Gasteiger charge is 2.76. The van der Waals surface area contributed by atoms with Gasteiger partial charge in [0.15, 0.2) is 0 Å². The smallest absolute Gasteiger partial charge is 0.394 e. The third-order valence-electron chi connectivity index (χ3n) is 4.26. The molecule has 0 aromatic rings. The third kappa shape index (κ3) is 1.45. The number of ether oxygens (including phenoxy) is 3. The summed E-state index contributed by atoms with van der Waals surface area (Å²) in [4.78, 5) is 0. The van der Waals surface area contributed by atoms with E-state index in [1.165, 1.54) is 0 Å². The maximum absolute atomic E-state index is 6.42. The minimum Gasteiger partial charge on any atom is -0.394 e. The Morgan fingerprint density at radius 3 is 2.00 bits per heavy atom. The van der Waals surface area contributed by atoms with Gasteiger partial charge in [-0.1, -0.05) is 0 Å². The Labute approximate surface area is 111 Å². The second-order valence-electron chi connectivity index (χ2n) is 4.78. The van der Waals surface area contributed by atoms with E-state index in [0.29, 0.717) is 13.2 Å². The Balaban J connectivity index is 1.93. The molecule has 3 heterocycles. The van der Waals surface area contributed by atoms with Crippen molar-refractivity contribution in [3.05, 3.63) is 0 Å². The van der Waals surface area contributed by atoms with E-state index >= 15 is 0 Å². The van der Waals surface area contributed by atoms with E-state index < -0.39 is 17.8 Å². The fourth-order valence-electron chi connectivity index (χ4n) is 3.04. The zero-order valence-electron chi connectivity index (χ0n) is 9.71. The molecule has 3 rings (SSSR count). The predicted octanol–water partition coefficient (Wildman–Crippen LogP) is 1.70. The molecule has 0 spiro atoms. The fourth-order valence-corrected chi connectivity index (χ4v) is 6.74. The molecule has 17 heavy (non-hydrogen) atoms. The van der Waals surface area contributed by atoms with Crippen LogP contribution >= 0.6 is 22.2 Å². The predicted molar refractivity (Wildman–Crippen MR) is 65.4 cm³/mol. The van der Waals surface area contributed by atoms with E-state index in [2.05, 4.69) is 0 Å². The molecular weight excluding hydrogens is 283 g/mol. The number of hydrogen-bond acceptors (Lipinski definition) is 4. The minimum atomic E-state index is -2.98. The summed E-state index contributed by atoms with van der Waals surface area (Å²) in [6.45, 7) is -0.824. The van der Waals surface area contributed by atoms with Crippen LogP contribution in [0.1, 0.15) is 19.3 Å². The first-order valence-electron chi connectivity index (χ1n) is 5.90. The lowest BCUT2D eigenvalue weighted by Crippen LogP contribution is -2.81. The molecule has 0 bridgehead atoms. The average Bonchev–Trinajstić information content (AvgIpc) is 2.08. The molecule has 7 heteroatoms. The van der Waals surface area contributed by atoms with E-state index in [-0.39, 0.29) is 6.10 Å². The van der Waals surface area contributed by atoms with Crippen molar-refractivity contribution < 1.29 is 18.6 Å². The molecule has 0 aromatic heterocycles. The third-order valence-corrected chi connectivity index (χ3v) is 9.29. The van der Waals surface area contributed by atoms with Gasteiger partial charge in [0.25, 0.3) is 0 Å². The van der Waals surface area contributed by atoms with Crippen molar-refractivity contribution in [1.82, 2.24) is 0 Å². The van der Waals surface area contributed by atoms with Crippen LogP contribution < -0.4 is 0 Å². The Morgan fingerprint density at radius 1 is 1.18 bits per heavy atom. The SMILES string of the molecule is CO[Si](Cl)(Cl)C1(C2(C3CCO3)CCO2)CCO1. The number of halogens is 2. The van der Waals surface area contributed by atoms with Gasteiger partial charge in [0, 0.05) is 26.6 Å². The van der Waals surface area contributed by atoms with Crippen molar-refractivity contribution in [2.24, 2.45) is 0 Å². The van der Waals surface area contributed by atoms with E-state index in [1.54, 1.807) is 7.11 Å². The first-order chi connectivity index (χ1) is 8.08. The van der Waals surface area contributed by atoms with Crippen LogP contribution in [0.25, 0.3) is 0 Å². The summed E-state index contributed by atoms with van der Waals surface area (Å²) < 4.78 is 22.6. The van der Waals surface area contributed by atoms with E-state index in [0.717, 1.165) is 25.9 Å². The van der Waals surface area contributed by atoms with Crippen LogP contribution in [-0.4, -0.2) is 50.8 Å². The Morgan fingerprint density at radius 2 is 1.76 bits per heavy atom. The summed E-state index contributed by atoms with van der Waals surface area (Å²) in [5.41, 5.74) is -0.477. The lowest BCUT2D eigenvalue weighted by atomic mass is 9.76. The first-order valence-corrected chi connectivity index (χ1v) is 9.84. The monoisotopic (exact) mass is 298 g/mol. The number of rotatable bonds is 4. The van der Waals surface area contributed by atoms with Crippen LogP contribution in [0.4, 0.5) is 0 Å². The van der Waals surface area contributed by atoms with Gasteiger partial charge in [0.1, 0.15) is 10.8 Å². The summed E-state index contributed by atoms with van der Waals surface area (Å²) in [7, 11) is 1.55. The Hall–Kier alpha value is 0.637. The van der Waals surface area contributed by atoms with Crippen LogP contribution in [-0.2, 0) is 18.6 Å². The summed E-state index contributed by atoms with van der Waals surface area (Å²) in [6, 6.07) is 0. The molecule has 4 nitrogen and oxygen atoms in total. The van der Waals surface area contributed by atoms with Crippen LogP contribution in [0.2, 0.25) is 0 Å². The van der Waals surface area contributed by atoms with Crippen LogP contribution in [0, 0.1) is 0 Å². The maximum atomic E-state index is 6.42. The van der Waals surface area contributed by atoms with Gasteiger partial charge in [-0.15, -0.1) is 22.2 Å². The summed E-state index contributed by atoms with van der Waals surface area (Å²) in [6.07, 6.45) is 2.71. The molecule has 0 aliphatic carbocycles. The Bertz CT molecular complexity index is 313. The molecular formula is C10H16Cl2O4Si. The van der Waals surface area contributed by atoms with Crippen molar-refractivity contribution in [2.75, 3.05) is 26.9 Å². The largest absolute Gasteiger partial charge is 0.425 e. The lowest BCUT2D eigenvalue weighted by Gasteiger charge is -2.64. The zero-order valence-corrected chi connectivity index (χ0v) is 12.2. The minimum absolute atomic E-state index is 0.0519. The van der Waals surface area contributed by atoms with Crippen molar-refractivity contribution >= 4 is 29.1 Å². The number of hydrogen-bond donors (Lipinski definition) is 0. The van der Waals surface area contributed by atoms with E-state index in [1.807, 2.05) is 0 Å². The quantitative estimate of drug-likeness (QED) is 0.585. The molecule has 0 amide bonds. The fraction of sp³-hybridized carbons (Fsp3) is 1.00. The summed E-state index contributed by atoms with van der Waals surface area (Å²) in [5, 5.41) is -0.665. The van der Waals surface area contributed by atoms with Crippen LogP contribution in [0.5, 0.6) is 0 Å². The van der Waals surface area contributed by atoms with Gasteiger partial charge in [-0.2, -0.15) is 0 Å². The van der Waals surface area contributed by atoms with Crippen molar-refractivity contribution in [3.8, 4) is 0 Å². The van der Waals surface area contributed by atoms with Gasteiger partial charge < -0.3 is 18.6 Å². The maximum Gasteiger partial charge on any atom is 0.425 e. The van der Waals surface area contributed by atoms with Gasteiger partial charge >= 0.3 is 6.94 Å². The van der Waals surface area contributed by atoms with Gasteiger partial charge in [-0.3, -0.25) is 0 Å². The van der Waals surface area contributed by atoms with E-state index in [4.69, 9.17) is 40.8 Å². The standard InChI is InChI=1S/C10H16Cl2O4Si/c1-13-17(11,12)10(4-7-16-10)9(3-6-15-9)8-2-5-14-8/h8H,2-7H2,1H3. The molecule has 3 unspecified atom stereocenters. The molecule has 3 fully saturated rings. The second-order valence-corrected chi connectivity index (χ2v) is 10.8.